The van der Waals surface area contributed by atoms with Gasteiger partial charge in [-0.25, -0.2) is 4.39 Å². The van der Waals surface area contributed by atoms with Crippen molar-refractivity contribution in [1.82, 2.24) is 10.2 Å². The second kappa shape index (κ2) is 9.93. The molecule has 0 aromatic heterocycles. The van der Waals surface area contributed by atoms with E-state index in [1.165, 1.54) is 11.0 Å². The van der Waals surface area contributed by atoms with Crippen molar-refractivity contribution >= 4 is 40.4 Å². The van der Waals surface area contributed by atoms with E-state index in [1.807, 2.05) is 26.8 Å². The maximum atomic E-state index is 14.8. The average molecular weight is 514 g/mol. The Morgan fingerprint density at radius 3 is 2.56 bits per heavy atom. The van der Waals surface area contributed by atoms with Gasteiger partial charge in [0.25, 0.3) is 11.1 Å². The summed E-state index contributed by atoms with van der Waals surface area (Å²) in [5.74, 6) is -1.25. The number of ether oxygens (including phenoxy) is 1. The summed E-state index contributed by atoms with van der Waals surface area (Å²) >= 11 is 0.768. The van der Waals surface area contributed by atoms with Crippen LogP contribution in [0, 0.1) is 5.82 Å². The van der Waals surface area contributed by atoms with Gasteiger partial charge in [-0.1, -0.05) is 44.7 Å². The maximum Gasteiger partial charge on any atom is 0.286 e. The Labute approximate surface area is 212 Å². The van der Waals surface area contributed by atoms with Crippen LogP contribution in [0.4, 0.5) is 14.9 Å². The summed E-state index contributed by atoms with van der Waals surface area (Å²) in [6.45, 7) is 5.94. The van der Waals surface area contributed by atoms with Gasteiger partial charge < -0.3 is 15.0 Å². The van der Waals surface area contributed by atoms with Crippen LogP contribution in [0.15, 0.2) is 36.4 Å². The number of rotatable bonds is 5. The van der Waals surface area contributed by atoms with E-state index in [4.69, 9.17) is 4.74 Å². The van der Waals surface area contributed by atoms with Crippen LogP contribution in [-0.4, -0.2) is 46.8 Å². The van der Waals surface area contributed by atoms with Crippen LogP contribution >= 0.6 is 11.8 Å². The highest BCUT2D eigenvalue weighted by atomic mass is 32.2. The van der Waals surface area contributed by atoms with Gasteiger partial charge in [-0.15, -0.1) is 0 Å². The van der Waals surface area contributed by atoms with Crippen LogP contribution < -0.4 is 15.4 Å². The number of carbonyl (C=O) groups is 4. The molecule has 2 aromatic carbocycles. The SMILES string of the molecule is COc1ccc2c(c1)CCN(C(=O)CC1SC(=O)NC1=O)[C@H]2C(=O)Nc1ccc(C(C)(C)C)c(F)c1. The van der Waals surface area contributed by atoms with E-state index in [0.717, 1.165) is 17.3 Å². The lowest BCUT2D eigenvalue weighted by Gasteiger charge is -2.37. The largest absolute Gasteiger partial charge is 0.497 e. The number of nitrogens with zero attached hydrogens (tertiary/aromatic N) is 1. The van der Waals surface area contributed by atoms with Crippen molar-refractivity contribution in [1.29, 1.82) is 0 Å². The number of benzene rings is 2. The first-order chi connectivity index (χ1) is 17.0. The lowest BCUT2D eigenvalue weighted by atomic mass is 9.86. The Hall–Kier alpha value is -3.40. The molecule has 0 aliphatic carbocycles. The van der Waals surface area contributed by atoms with Gasteiger partial charge in [-0.3, -0.25) is 24.5 Å². The molecule has 2 aliphatic rings. The van der Waals surface area contributed by atoms with Crippen LogP contribution in [0.5, 0.6) is 5.75 Å². The van der Waals surface area contributed by atoms with Crippen molar-refractivity contribution in [2.75, 3.05) is 19.0 Å². The molecule has 2 aromatic rings. The number of carbonyl (C=O) groups excluding carboxylic acids is 4. The Bertz CT molecular complexity index is 1240. The molecule has 1 unspecified atom stereocenters. The van der Waals surface area contributed by atoms with Crippen molar-refractivity contribution in [3.05, 3.63) is 58.9 Å². The molecule has 4 amide bonds. The standard InChI is InChI=1S/C26H28FN3O5S/c1-26(2,3)18-8-5-15(12-19(18)27)28-24(33)22-17-7-6-16(35-4)11-14(17)9-10-30(22)21(31)13-20-23(32)29-25(34)36-20/h5-8,11-12,20,22H,9-10,13H2,1-4H3,(H,28,33)(H,29,32,34)/t20?,22-/m1/s1. The molecule has 0 bridgehead atoms. The van der Waals surface area contributed by atoms with Gasteiger partial charge in [0.05, 0.1) is 7.11 Å². The van der Waals surface area contributed by atoms with E-state index < -0.39 is 45.5 Å². The van der Waals surface area contributed by atoms with Crippen molar-refractivity contribution in [2.24, 2.45) is 0 Å². The number of imide groups is 1. The Morgan fingerprint density at radius 2 is 1.94 bits per heavy atom. The minimum atomic E-state index is -0.998. The molecule has 0 saturated carbocycles. The van der Waals surface area contributed by atoms with Gasteiger partial charge >= 0.3 is 0 Å². The van der Waals surface area contributed by atoms with Crippen LogP contribution in [0.25, 0.3) is 0 Å². The molecule has 2 aliphatic heterocycles. The highest BCUT2D eigenvalue weighted by Gasteiger charge is 2.40. The predicted octanol–water partition coefficient (Wildman–Crippen LogP) is 3.94. The molecule has 2 N–H and O–H groups in total. The van der Waals surface area contributed by atoms with E-state index >= 15 is 0 Å². The zero-order valence-electron chi connectivity index (χ0n) is 20.5. The summed E-state index contributed by atoms with van der Waals surface area (Å²) in [4.78, 5) is 51.8. The minimum absolute atomic E-state index is 0.216. The monoisotopic (exact) mass is 513 g/mol. The van der Waals surface area contributed by atoms with Gasteiger partial charge in [-0.2, -0.15) is 0 Å². The van der Waals surface area contributed by atoms with Gasteiger partial charge in [0.2, 0.25) is 11.8 Å². The maximum absolute atomic E-state index is 14.8. The summed E-state index contributed by atoms with van der Waals surface area (Å²) in [5.41, 5.74) is 1.88. The number of hydrogen-bond acceptors (Lipinski definition) is 6. The molecule has 36 heavy (non-hydrogen) atoms. The normalized spacial score (nSPS) is 19.5. The average Bonchev–Trinajstić information content (AvgIpc) is 3.13. The predicted molar refractivity (Wildman–Crippen MR) is 134 cm³/mol. The molecule has 4 rings (SSSR count). The van der Waals surface area contributed by atoms with Crippen LogP contribution in [0.2, 0.25) is 0 Å². The summed E-state index contributed by atoms with van der Waals surface area (Å²) in [6, 6.07) is 8.83. The molecule has 2 heterocycles. The quantitative estimate of drug-likeness (QED) is 0.628. The number of amides is 4. The van der Waals surface area contributed by atoms with Gasteiger partial charge in [0, 0.05) is 18.7 Å². The summed E-state index contributed by atoms with van der Waals surface area (Å²) in [6.07, 6.45) is 0.270. The molecule has 1 saturated heterocycles. The van der Waals surface area contributed by atoms with Gasteiger partial charge in [0.15, 0.2) is 0 Å². The third kappa shape index (κ3) is 5.23. The number of fused-ring (bicyclic) bond motifs is 1. The van der Waals surface area contributed by atoms with E-state index in [9.17, 15) is 23.6 Å². The highest BCUT2D eigenvalue weighted by molar-refractivity contribution is 8.15. The molecular formula is C26H28FN3O5S. The summed E-state index contributed by atoms with van der Waals surface area (Å²) < 4.78 is 20.1. The van der Waals surface area contributed by atoms with Crippen molar-refractivity contribution < 1.29 is 28.3 Å². The van der Waals surface area contributed by atoms with Crippen molar-refractivity contribution in [3.63, 3.8) is 0 Å². The fraction of sp³-hybridized carbons (Fsp3) is 0.385. The van der Waals surface area contributed by atoms with Gasteiger partial charge in [0.1, 0.15) is 22.9 Å². The topological polar surface area (TPSA) is 105 Å². The summed E-state index contributed by atoms with van der Waals surface area (Å²) in [5, 5.41) is 3.59. The first kappa shape index (κ1) is 25.7. The van der Waals surface area contributed by atoms with Crippen molar-refractivity contribution in [3.8, 4) is 5.75 Å². The Kier molecular flexibility index (Phi) is 7.08. The number of anilines is 1. The first-order valence-corrected chi connectivity index (χ1v) is 12.4. The van der Waals surface area contributed by atoms with E-state index in [2.05, 4.69) is 10.6 Å². The zero-order chi connectivity index (χ0) is 26.2. The fourth-order valence-corrected chi connectivity index (χ4v) is 5.31. The zero-order valence-corrected chi connectivity index (χ0v) is 21.3. The molecular weight excluding hydrogens is 485 g/mol. The second-order valence-electron chi connectivity index (χ2n) is 9.83. The molecule has 190 valence electrons. The van der Waals surface area contributed by atoms with E-state index in [-0.39, 0.29) is 18.7 Å². The molecule has 1 fully saturated rings. The van der Waals surface area contributed by atoms with Crippen LogP contribution in [0.3, 0.4) is 0 Å². The van der Waals surface area contributed by atoms with Crippen LogP contribution in [-0.2, 0) is 26.2 Å². The lowest BCUT2D eigenvalue weighted by Crippen LogP contribution is -2.46. The van der Waals surface area contributed by atoms with Gasteiger partial charge in [-0.05, 0) is 52.8 Å². The smallest absolute Gasteiger partial charge is 0.286 e. The third-order valence-electron chi connectivity index (χ3n) is 6.32. The van der Waals surface area contributed by atoms with E-state index in [0.29, 0.717) is 23.3 Å². The third-order valence-corrected chi connectivity index (χ3v) is 7.30. The minimum Gasteiger partial charge on any atom is -0.497 e. The number of nitrogens with one attached hydrogen (secondary N) is 2. The Balaban J connectivity index is 1.63. The molecule has 0 radical (unpaired) electrons. The molecule has 8 nitrogen and oxygen atoms in total. The first-order valence-electron chi connectivity index (χ1n) is 11.6. The highest BCUT2D eigenvalue weighted by Crippen LogP contribution is 2.35. The number of thioether (sulfide) groups is 1. The van der Waals surface area contributed by atoms with Crippen molar-refractivity contribution in [2.45, 2.75) is 50.3 Å². The number of methoxy groups -OCH3 is 1. The van der Waals surface area contributed by atoms with E-state index in [1.54, 1.807) is 31.4 Å². The summed E-state index contributed by atoms with van der Waals surface area (Å²) in [7, 11) is 1.55. The number of hydrogen-bond donors (Lipinski definition) is 2. The molecule has 10 heteroatoms. The fourth-order valence-electron chi connectivity index (χ4n) is 4.50. The number of halogens is 1. The lowest BCUT2D eigenvalue weighted by molar-refractivity contribution is -0.140. The van der Waals surface area contributed by atoms with Crippen LogP contribution in [0.1, 0.15) is 49.9 Å². The molecule has 2 atom stereocenters. The second-order valence-corrected chi connectivity index (χ2v) is 11.0. The Morgan fingerprint density at radius 1 is 1.19 bits per heavy atom. The molecule has 0 spiro atoms.